The van der Waals surface area contributed by atoms with Crippen molar-refractivity contribution in [2.24, 2.45) is 0 Å². The summed E-state index contributed by atoms with van der Waals surface area (Å²) in [6.07, 6.45) is 2.56. The van der Waals surface area contributed by atoms with Gasteiger partial charge in [0.05, 0.1) is 27.3 Å². The number of thiazole rings is 1. The van der Waals surface area contributed by atoms with Crippen molar-refractivity contribution in [2.75, 3.05) is 0 Å². The lowest BCUT2D eigenvalue weighted by atomic mass is 10.2. The third-order valence-electron chi connectivity index (χ3n) is 2.42. The van der Waals surface area contributed by atoms with Crippen LogP contribution in [0, 0.1) is 6.92 Å². The molecule has 3 nitrogen and oxygen atoms in total. The first-order chi connectivity index (χ1) is 8.60. The first-order valence-corrected chi connectivity index (χ1v) is 7.77. The Labute approximate surface area is 124 Å². The smallest absolute Gasteiger partial charge is 0.147 e. The second kappa shape index (κ2) is 6.08. The molecule has 0 saturated carbocycles. The van der Waals surface area contributed by atoms with Gasteiger partial charge in [-0.1, -0.05) is 24.9 Å². The van der Waals surface area contributed by atoms with Gasteiger partial charge in [0.15, 0.2) is 0 Å². The number of aryl methyl sites for hydroxylation is 2. The molecule has 0 saturated heterocycles. The third kappa shape index (κ3) is 3.28. The molecule has 6 heteroatoms. The first kappa shape index (κ1) is 13.9. The van der Waals surface area contributed by atoms with Crippen molar-refractivity contribution in [1.82, 2.24) is 15.0 Å². The molecule has 0 atom stereocenters. The topological polar surface area (TPSA) is 38.7 Å². The maximum absolute atomic E-state index is 6.11. The van der Waals surface area contributed by atoms with Crippen molar-refractivity contribution in [2.45, 2.75) is 33.1 Å². The van der Waals surface area contributed by atoms with E-state index >= 15 is 0 Å². The van der Waals surface area contributed by atoms with Crippen molar-refractivity contribution in [3.05, 3.63) is 37.2 Å². The van der Waals surface area contributed by atoms with E-state index in [1.165, 1.54) is 0 Å². The normalized spacial score (nSPS) is 10.9. The number of aromatic nitrogens is 3. The molecule has 0 aromatic carbocycles. The van der Waals surface area contributed by atoms with E-state index in [1.807, 2.05) is 12.3 Å². The fourth-order valence-corrected chi connectivity index (χ4v) is 2.84. The minimum Gasteiger partial charge on any atom is -0.246 e. The zero-order valence-electron chi connectivity index (χ0n) is 10.2. The van der Waals surface area contributed by atoms with Crippen molar-refractivity contribution in [3.63, 3.8) is 0 Å². The summed E-state index contributed by atoms with van der Waals surface area (Å²) in [5, 5.41) is 3.58. The van der Waals surface area contributed by atoms with Crippen LogP contribution in [0.3, 0.4) is 0 Å². The summed E-state index contributed by atoms with van der Waals surface area (Å²) in [6.45, 7) is 4.11. The predicted molar refractivity (Wildman–Crippen MR) is 78.4 cm³/mol. The van der Waals surface area contributed by atoms with Crippen molar-refractivity contribution < 1.29 is 0 Å². The monoisotopic (exact) mass is 345 g/mol. The molecule has 0 aliphatic carbocycles. The highest BCUT2D eigenvalue weighted by Gasteiger charge is 2.11. The SMILES string of the molecule is CCCc1nc(Cc2csc(C)n2)nc(Cl)c1Br. The quantitative estimate of drug-likeness (QED) is 0.779. The summed E-state index contributed by atoms with van der Waals surface area (Å²) in [4.78, 5) is 13.3. The van der Waals surface area contributed by atoms with Crippen LogP contribution in [-0.2, 0) is 12.8 Å². The second-order valence-electron chi connectivity index (χ2n) is 3.98. The molecule has 2 heterocycles. The molecule has 0 spiro atoms. The van der Waals surface area contributed by atoms with E-state index in [2.05, 4.69) is 37.8 Å². The second-order valence-corrected chi connectivity index (χ2v) is 6.19. The first-order valence-electron chi connectivity index (χ1n) is 5.72. The standard InChI is InChI=1S/C12H13BrClN3S/c1-3-4-9-11(13)12(14)17-10(16-9)5-8-6-18-7(2)15-8/h6H,3-5H2,1-2H3. The largest absolute Gasteiger partial charge is 0.246 e. The zero-order valence-corrected chi connectivity index (χ0v) is 13.4. The fraction of sp³-hybridized carbons (Fsp3) is 0.417. The van der Waals surface area contributed by atoms with E-state index in [-0.39, 0.29) is 0 Å². The molecule has 2 rings (SSSR count). The maximum atomic E-state index is 6.11. The number of halogens is 2. The van der Waals surface area contributed by atoms with Gasteiger partial charge in [-0.05, 0) is 29.3 Å². The fourth-order valence-electron chi connectivity index (χ4n) is 1.64. The van der Waals surface area contributed by atoms with Gasteiger partial charge in [-0.15, -0.1) is 11.3 Å². The molecule has 0 bridgehead atoms. The summed E-state index contributed by atoms with van der Waals surface area (Å²) in [7, 11) is 0. The van der Waals surface area contributed by atoms with Gasteiger partial charge >= 0.3 is 0 Å². The van der Waals surface area contributed by atoms with Gasteiger partial charge < -0.3 is 0 Å². The lowest BCUT2D eigenvalue weighted by molar-refractivity contribution is 0.829. The number of rotatable bonds is 4. The van der Waals surface area contributed by atoms with Gasteiger partial charge in [0.25, 0.3) is 0 Å². The molecule has 2 aromatic rings. The van der Waals surface area contributed by atoms with Gasteiger partial charge in [-0.25, -0.2) is 15.0 Å². The van der Waals surface area contributed by atoms with E-state index < -0.39 is 0 Å². The Bertz CT molecular complexity index is 556. The third-order valence-corrected chi connectivity index (χ3v) is 4.58. The molecule has 0 N–H and O–H groups in total. The van der Waals surface area contributed by atoms with Crippen LogP contribution in [0.4, 0.5) is 0 Å². The lowest BCUT2D eigenvalue weighted by Crippen LogP contribution is -2.03. The molecule has 0 fully saturated rings. The summed E-state index contributed by atoms with van der Waals surface area (Å²) in [6, 6.07) is 0. The van der Waals surface area contributed by atoms with Crippen LogP contribution in [0.15, 0.2) is 9.85 Å². The van der Waals surface area contributed by atoms with Gasteiger partial charge in [0.1, 0.15) is 11.0 Å². The van der Waals surface area contributed by atoms with Crippen LogP contribution >= 0.6 is 38.9 Å². The molecule has 0 unspecified atom stereocenters. The molecular formula is C12H13BrClN3S. The van der Waals surface area contributed by atoms with Crippen molar-refractivity contribution in [1.29, 1.82) is 0 Å². The maximum Gasteiger partial charge on any atom is 0.147 e. The van der Waals surface area contributed by atoms with E-state index in [0.29, 0.717) is 11.6 Å². The Morgan fingerprint density at radius 1 is 1.33 bits per heavy atom. The van der Waals surface area contributed by atoms with E-state index in [1.54, 1.807) is 11.3 Å². The Balaban J connectivity index is 2.28. The molecule has 18 heavy (non-hydrogen) atoms. The average molecular weight is 347 g/mol. The van der Waals surface area contributed by atoms with Crippen LogP contribution < -0.4 is 0 Å². The van der Waals surface area contributed by atoms with Crippen LogP contribution in [0.2, 0.25) is 5.15 Å². The van der Waals surface area contributed by atoms with Crippen LogP contribution in [0.5, 0.6) is 0 Å². The Morgan fingerprint density at radius 2 is 2.11 bits per heavy atom. The van der Waals surface area contributed by atoms with Gasteiger partial charge in [-0.2, -0.15) is 0 Å². The summed E-state index contributed by atoms with van der Waals surface area (Å²) in [5.74, 6) is 0.733. The number of nitrogens with zero attached hydrogens (tertiary/aromatic N) is 3. The van der Waals surface area contributed by atoms with Crippen LogP contribution in [0.25, 0.3) is 0 Å². The van der Waals surface area contributed by atoms with Gasteiger partial charge in [0.2, 0.25) is 0 Å². The van der Waals surface area contributed by atoms with Crippen molar-refractivity contribution >= 4 is 38.9 Å². The lowest BCUT2D eigenvalue weighted by Gasteiger charge is -2.06. The van der Waals surface area contributed by atoms with Gasteiger partial charge in [-0.3, -0.25) is 0 Å². The molecule has 96 valence electrons. The highest BCUT2D eigenvalue weighted by molar-refractivity contribution is 9.10. The molecular weight excluding hydrogens is 334 g/mol. The highest BCUT2D eigenvalue weighted by Crippen LogP contribution is 2.25. The Kier molecular flexibility index (Phi) is 4.70. The highest BCUT2D eigenvalue weighted by atomic mass is 79.9. The van der Waals surface area contributed by atoms with E-state index in [4.69, 9.17) is 11.6 Å². The molecule has 2 aromatic heterocycles. The minimum atomic E-state index is 0.482. The summed E-state index contributed by atoms with van der Waals surface area (Å²) < 4.78 is 0.809. The Morgan fingerprint density at radius 3 is 2.72 bits per heavy atom. The number of hydrogen-bond acceptors (Lipinski definition) is 4. The molecule has 0 aliphatic heterocycles. The summed E-state index contributed by atoms with van der Waals surface area (Å²) in [5.41, 5.74) is 1.97. The van der Waals surface area contributed by atoms with E-state index in [0.717, 1.165) is 39.5 Å². The van der Waals surface area contributed by atoms with Crippen molar-refractivity contribution in [3.8, 4) is 0 Å². The average Bonchev–Trinajstić information content (AvgIpc) is 2.71. The van der Waals surface area contributed by atoms with Crippen LogP contribution in [-0.4, -0.2) is 15.0 Å². The van der Waals surface area contributed by atoms with Gasteiger partial charge in [0, 0.05) is 5.38 Å². The molecule has 0 radical (unpaired) electrons. The number of hydrogen-bond donors (Lipinski definition) is 0. The minimum absolute atomic E-state index is 0.482. The van der Waals surface area contributed by atoms with Crippen LogP contribution in [0.1, 0.15) is 35.6 Å². The van der Waals surface area contributed by atoms with E-state index in [9.17, 15) is 0 Å². The predicted octanol–water partition coefficient (Wildman–Crippen LogP) is 4.20. The molecule has 0 amide bonds. The Hall–Kier alpha value is -0.520. The summed E-state index contributed by atoms with van der Waals surface area (Å²) >= 11 is 11.2. The molecule has 0 aliphatic rings. The zero-order chi connectivity index (χ0) is 13.1.